The van der Waals surface area contributed by atoms with Gasteiger partial charge in [0.15, 0.2) is 5.13 Å². The Morgan fingerprint density at radius 2 is 2.05 bits per heavy atom. The second kappa shape index (κ2) is 8.22. The van der Waals surface area contributed by atoms with Crippen LogP contribution < -0.4 is 16.0 Å². The lowest BCUT2D eigenvalue weighted by Crippen LogP contribution is -2.32. The van der Waals surface area contributed by atoms with Crippen molar-refractivity contribution in [2.75, 3.05) is 24.2 Å². The summed E-state index contributed by atoms with van der Waals surface area (Å²) in [7, 11) is 1.97. The average molecular weight is 312 g/mol. The minimum absolute atomic E-state index is 0.114. The number of hydrogen-bond donors (Lipinski definition) is 2. The molecule has 1 heterocycles. The summed E-state index contributed by atoms with van der Waals surface area (Å²) in [5, 5.41) is 3.81. The lowest BCUT2D eigenvalue weighted by Gasteiger charge is -2.14. The molecule has 1 rings (SSSR count). The van der Waals surface area contributed by atoms with Crippen molar-refractivity contribution in [2.24, 2.45) is 5.92 Å². The fourth-order valence-corrected chi connectivity index (χ4v) is 2.90. The van der Waals surface area contributed by atoms with Crippen LogP contribution in [0.4, 0.5) is 10.9 Å². The topological polar surface area (TPSA) is 71.2 Å². The second-order valence-electron chi connectivity index (χ2n) is 5.98. The quantitative estimate of drug-likeness (QED) is 0.773. The van der Waals surface area contributed by atoms with Gasteiger partial charge in [0.05, 0.1) is 0 Å². The molecule has 21 heavy (non-hydrogen) atoms. The lowest BCUT2D eigenvalue weighted by atomic mass is 10.0. The third-order valence-corrected chi connectivity index (χ3v) is 4.47. The van der Waals surface area contributed by atoms with Crippen LogP contribution in [0, 0.1) is 5.92 Å². The van der Waals surface area contributed by atoms with Gasteiger partial charge < -0.3 is 16.0 Å². The van der Waals surface area contributed by atoms with Crippen LogP contribution in [0.15, 0.2) is 0 Å². The van der Waals surface area contributed by atoms with Crippen molar-refractivity contribution in [1.29, 1.82) is 0 Å². The largest absolute Gasteiger partial charge is 0.382 e. The summed E-state index contributed by atoms with van der Waals surface area (Å²) in [4.78, 5) is 19.1. The Kier molecular flexibility index (Phi) is 6.95. The predicted octanol–water partition coefficient (Wildman–Crippen LogP) is 3.13. The summed E-state index contributed by atoms with van der Waals surface area (Å²) < 4.78 is 0. The van der Waals surface area contributed by atoms with Gasteiger partial charge in [-0.25, -0.2) is 4.98 Å². The zero-order valence-electron chi connectivity index (χ0n) is 13.8. The van der Waals surface area contributed by atoms with Crippen molar-refractivity contribution in [1.82, 2.24) is 10.3 Å². The zero-order chi connectivity index (χ0) is 16.0. The molecule has 0 aliphatic rings. The van der Waals surface area contributed by atoms with E-state index in [2.05, 4.69) is 31.1 Å². The smallest absolute Gasteiger partial charge is 0.265 e. The van der Waals surface area contributed by atoms with E-state index in [4.69, 9.17) is 5.73 Å². The maximum Gasteiger partial charge on any atom is 0.265 e. The number of carbonyl (C=O) groups is 1. The minimum atomic E-state index is -0.114. The predicted molar refractivity (Wildman–Crippen MR) is 91.1 cm³/mol. The molecule has 120 valence electrons. The number of nitrogens with zero attached hydrogens (tertiary/aromatic N) is 2. The van der Waals surface area contributed by atoms with Crippen molar-refractivity contribution in [3.8, 4) is 0 Å². The number of thiazole rings is 1. The molecule has 1 aromatic heterocycles. The van der Waals surface area contributed by atoms with E-state index in [9.17, 15) is 4.79 Å². The molecule has 0 fully saturated rings. The molecule has 0 spiro atoms. The first-order valence-electron chi connectivity index (χ1n) is 7.63. The Balaban J connectivity index is 2.65. The summed E-state index contributed by atoms with van der Waals surface area (Å²) in [6, 6.07) is 0.151. The number of nitrogen functional groups attached to an aromatic ring is 1. The molecular weight excluding hydrogens is 284 g/mol. The summed E-state index contributed by atoms with van der Waals surface area (Å²) in [6.07, 6.45) is 3.11. The van der Waals surface area contributed by atoms with Crippen molar-refractivity contribution >= 4 is 28.2 Å². The van der Waals surface area contributed by atoms with E-state index in [0.29, 0.717) is 16.6 Å². The van der Waals surface area contributed by atoms with E-state index in [0.717, 1.165) is 30.9 Å². The average Bonchev–Trinajstić information content (AvgIpc) is 2.79. The maximum absolute atomic E-state index is 12.3. The second-order valence-corrected chi connectivity index (χ2v) is 6.96. The molecule has 0 aliphatic heterocycles. The van der Waals surface area contributed by atoms with Gasteiger partial charge in [-0.05, 0) is 32.1 Å². The lowest BCUT2D eigenvalue weighted by molar-refractivity contribution is 0.0942. The van der Waals surface area contributed by atoms with E-state index in [1.165, 1.54) is 11.3 Å². The van der Waals surface area contributed by atoms with Gasteiger partial charge in [-0.3, -0.25) is 4.79 Å². The van der Waals surface area contributed by atoms with Crippen LogP contribution in [0.5, 0.6) is 0 Å². The SMILES string of the molecule is CCCN(C)c1nc(N)c(C(=O)NC(C)CCC(C)C)s1. The molecule has 5 nitrogen and oxygen atoms in total. The number of carbonyl (C=O) groups excluding carboxylic acids is 1. The first-order chi connectivity index (χ1) is 9.85. The fraction of sp³-hybridized carbons (Fsp3) is 0.733. The van der Waals surface area contributed by atoms with E-state index in [1.807, 2.05) is 18.9 Å². The summed E-state index contributed by atoms with van der Waals surface area (Å²) in [5.74, 6) is 0.857. The van der Waals surface area contributed by atoms with Crippen LogP contribution >= 0.6 is 11.3 Å². The highest BCUT2D eigenvalue weighted by Gasteiger charge is 2.19. The van der Waals surface area contributed by atoms with Crippen LogP contribution in [0.1, 0.15) is 56.6 Å². The Bertz CT molecular complexity index is 459. The minimum Gasteiger partial charge on any atom is -0.382 e. The van der Waals surface area contributed by atoms with Crippen LogP contribution in [0.25, 0.3) is 0 Å². The number of aromatic nitrogens is 1. The molecule has 1 atom stereocenters. The normalized spacial score (nSPS) is 12.5. The number of hydrogen-bond acceptors (Lipinski definition) is 5. The molecule has 1 aromatic rings. The third kappa shape index (κ3) is 5.53. The highest BCUT2D eigenvalue weighted by atomic mass is 32.1. The van der Waals surface area contributed by atoms with Gasteiger partial charge in [-0.2, -0.15) is 0 Å². The van der Waals surface area contributed by atoms with Crippen molar-refractivity contribution in [3.05, 3.63) is 4.88 Å². The Hall–Kier alpha value is -1.30. The highest BCUT2D eigenvalue weighted by Crippen LogP contribution is 2.27. The van der Waals surface area contributed by atoms with Gasteiger partial charge in [0.2, 0.25) is 0 Å². The van der Waals surface area contributed by atoms with Gasteiger partial charge >= 0.3 is 0 Å². The molecule has 3 N–H and O–H groups in total. The molecule has 0 bridgehead atoms. The van der Waals surface area contributed by atoms with E-state index in [1.54, 1.807) is 0 Å². The summed E-state index contributed by atoms with van der Waals surface area (Å²) in [5.41, 5.74) is 5.89. The summed E-state index contributed by atoms with van der Waals surface area (Å²) in [6.45, 7) is 9.41. The Labute approximate surface area is 131 Å². The zero-order valence-corrected chi connectivity index (χ0v) is 14.6. The van der Waals surface area contributed by atoms with Gasteiger partial charge in [-0.1, -0.05) is 32.1 Å². The highest BCUT2D eigenvalue weighted by molar-refractivity contribution is 7.18. The van der Waals surface area contributed by atoms with Gasteiger partial charge in [-0.15, -0.1) is 0 Å². The van der Waals surface area contributed by atoms with E-state index >= 15 is 0 Å². The van der Waals surface area contributed by atoms with E-state index < -0.39 is 0 Å². The molecule has 0 radical (unpaired) electrons. The molecule has 6 heteroatoms. The number of rotatable bonds is 8. The Morgan fingerprint density at radius 3 is 2.62 bits per heavy atom. The number of nitrogens with one attached hydrogen (secondary N) is 1. The fourth-order valence-electron chi connectivity index (χ4n) is 2.02. The van der Waals surface area contributed by atoms with Crippen LogP contribution in [0.3, 0.4) is 0 Å². The molecule has 0 aliphatic carbocycles. The van der Waals surface area contributed by atoms with Gasteiger partial charge in [0, 0.05) is 19.6 Å². The standard InChI is InChI=1S/C15H28N4OS/c1-6-9-19(5)15-18-13(16)12(21-15)14(20)17-11(4)8-7-10(2)3/h10-11H,6-9,16H2,1-5H3,(H,17,20). The first kappa shape index (κ1) is 17.8. The molecule has 0 saturated carbocycles. The van der Waals surface area contributed by atoms with Crippen molar-refractivity contribution < 1.29 is 4.79 Å². The maximum atomic E-state index is 12.3. The number of nitrogens with two attached hydrogens (primary N) is 1. The van der Waals surface area contributed by atoms with E-state index in [-0.39, 0.29) is 11.9 Å². The van der Waals surface area contributed by atoms with Gasteiger partial charge in [0.25, 0.3) is 5.91 Å². The van der Waals surface area contributed by atoms with Crippen LogP contribution in [-0.4, -0.2) is 30.5 Å². The van der Waals surface area contributed by atoms with Crippen LogP contribution in [0.2, 0.25) is 0 Å². The Morgan fingerprint density at radius 1 is 1.38 bits per heavy atom. The number of anilines is 2. The summed E-state index contributed by atoms with van der Waals surface area (Å²) >= 11 is 1.36. The number of amides is 1. The monoisotopic (exact) mass is 312 g/mol. The van der Waals surface area contributed by atoms with Crippen LogP contribution in [-0.2, 0) is 0 Å². The third-order valence-electron chi connectivity index (χ3n) is 3.29. The molecule has 1 unspecified atom stereocenters. The van der Waals surface area contributed by atoms with Crippen molar-refractivity contribution in [2.45, 2.75) is 53.0 Å². The first-order valence-corrected chi connectivity index (χ1v) is 8.45. The molecule has 0 saturated heterocycles. The van der Waals surface area contributed by atoms with Gasteiger partial charge in [0.1, 0.15) is 10.7 Å². The molecule has 0 aromatic carbocycles. The molecular formula is C15H28N4OS. The molecule has 1 amide bonds. The van der Waals surface area contributed by atoms with Crippen molar-refractivity contribution in [3.63, 3.8) is 0 Å².